The summed E-state index contributed by atoms with van der Waals surface area (Å²) in [6, 6.07) is 5.42. The number of sulfonamides is 1. The highest BCUT2D eigenvalue weighted by atomic mass is 32.2. The molecule has 1 aromatic heterocycles. The van der Waals surface area contributed by atoms with Crippen LogP contribution in [-0.4, -0.2) is 71.9 Å². The molecular weight excluding hydrogens is 529 g/mol. The van der Waals surface area contributed by atoms with E-state index >= 15 is 0 Å². The minimum absolute atomic E-state index is 0.0327. The first-order valence-corrected chi connectivity index (χ1v) is 13.6. The Kier molecular flexibility index (Phi) is 7.25. The number of hydrogen-bond donors (Lipinski definition) is 3. The number of halogens is 1. The summed E-state index contributed by atoms with van der Waals surface area (Å²) in [6.45, 7) is 7.20. The summed E-state index contributed by atoms with van der Waals surface area (Å²) in [5.41, 5.74) is 1.70. The second-order valence-electron chi connectivity index (χ2n) is 10.6. The van der Waals surface area contributed by atoms with E-state index in [1.165, 1.54) is 9.80 Å². The maximum atomic E-state index is 14.9. The number of aryl methyl sites for hydroxylation is 1. The summed E-state index contributed by atoms with van der Waals surface area (Å²) in [5.74, 6) is -2.03. The number of nitrogens with zero attached hydrogens (tertiary/aromatic N) is 3. The predicted octanol–water partition coefficient (Wildman–Crippen LogP) is 2.53. The van der Waals surface area contributed by atoms with Gasteiger partial charge in [-0.25, -0.2) is 22.7 Å². The van der Waals surface area contributed by atoms with Gasteiger partial charge in [-0.15, -0.1) is 0 Å². The van der Waals surface area contributed by atoms with E-state index in [9.17, 15) is 32.3 Å². The fourth-order valence-electron chi connectivity index (χ4n) is 4.45. The van der Waals surface area contributed by atoms with E-state index in [2.05, 4.69) is 10.3 Å². The van der Waals surface area contributed by atoms with E-state index in [0.717, 1.165) is 12.1 Å². The second kappa shape index (κ2) is 10.0. The molecule has 39 heavy (non-hydrogen) atoms. The van der Waals surface area contributed by atoms with Gasteiger partial charge in [-0.3, -0.25) is 14.6 Å². The molecule has 1 radical (unpaired) electrons. The highest BCUT2D eigenvalue weighted by Gasteiger charge is 2.42. The normalized spacial score (nSPS) is 17.4. The van der Waals surface area contributed by atoms with Gasteiger partial charge in [0, 0.05) is 37.2 Å². The lowest BCUT2D eigenvalue weighted by Crippen LogP contribution is -2.42. The van der Waals surface area contributed by atoms with Crippen molar-refractivity contribution >= 4 is 33.6 Å². The highest BCUT2D eigenvalue weighted by Crippen LogP contribution is 2.36. The monoisotopic (exact) mass is 558 g/mol. The molecule has 13 heteroatoms. The minimum atomic E-state index is -4.18. The van der Waals surface area contributed by atoms with E-state index in [1.807, 2.05) is 0 Å². The molecule has 4 rings (SSSR count). The lowest BCUT2D eigenvalue weighted by atomic mass is 9.95. The maximum Gasteiger partial charge on any atom is 0.407 e. The molecule has 0 fully saturated rings. The molecule has 4 N–H and O–H groups in total. The molecule has 1 unspecified atom stereocenters. The fourth-order valence-corrected chi connectivity index (χ4v) is 4.97. The summed E-state index contributed by atoms with van der Waals surface area (Å²) < 4.78 is 38.1. The summed E-state index contributed by atoms with van der Waals surface area (Å²) in [7, 11) is -4.18. The van der Waals surface area contributed by atoms with Crippen LogP contribution in [0.1, 0.15) is 42.5 Å². The van der Waals surface area contributed by atoms with E-state index < -0.39 is 44.2 Å². The zero-order valence-electron chi connectivity index (χ0n) is 21.9. The van der Waals surface area contributed by atoms with Crippen LogP contribution in [0.3, 0.4) is 0 Å². The number of benzene rings is 1. The molecule has 2 aliphatic rings. The van der Waals surface area contributed by atoms with Crippen molar-refractivity contribution in [3.05, 3.63) is 70.7 Å². The van der Waals surface area contributed by atoms with E-state index in [-0.39, 0.29) is 31.1 Å². The molecule has 3 heterocycles. The minimum Gasteiger partial charge on any atom is -0.465 e. The number of rotatable bonds is 5. The Morgan fingerprint density at radius 1 is 1.15 bits per heavy atom. The third kappa shape index (κ3) is 5.78. The van der Waals surface area contributed by atoms with Crippen molar-refractivity contribution < 1.29 is 32.3 Å². The van der Waals surface area contributed by atoms with Crippen molar-refractivity contribution in [3.8, 4) is 0 Å². The molecule has 207 valence electrons. The Morgan fingerprint density at radius 2 is 1.85 bits per heavy atom. The molecule has 1 aromatic carbocycles. The third-order valence-corrected chi connectivity index (χ3v) is 7.50. The van der Waals surface area contributed by atoms with Crippen LogP contribution in [0.2, 0.25) is 0 Å². The van der Waals surface area contributed by atoms with Crippen LogP contribution < -0.4 is 10.5 Å². The fraction of sp³-hybridized carbons (Fsp3) is 0.346. The Morgan fingerprint density at radius 3 is 2.44 bits per heavy atom. The number of anilines is 1. The lowest BCUT2D eigenvalue weighted by Gasteiger charge is -2.30. The smallest absolute Gasteiger partial charge is 0.407 e. The molecule has 0 aliphatic carbocycles. The van der Waals surface area contributed by atoms with Crippen LogP contribution in [0.15, 0.2) is 46.4 Å². The molecule has 0 spiro atoms. The quantitative estimate of drug-likeness (QED) is 0.475. The van der Waals surface area contributed by atoms with Crippen LogP contribution in [0.4, 0.5) is 14.9 Å². The summed E-state index contributed by atoms with van der Waals surface area (Å²) >= 11 is 0. The first-order chi connectivity index (χ1) is 18.1. The second-order valence-corrected chi connectivity index (χ2v) is 12.1. The van der Waals surface area contributed by atoms with Crippen molar-refractivity contribution in [3.63, 3.8) is 0 Å². The number of nitrogens with two attached hydrogens (primary N) is 1. The standard InChI is InChI=1S/C26H29FN5O6S/c1-14-5-8-20(30-24(34)26(2,3)4)21(29-14)10-22-18-13-31(25(35)36)11-15(18)12-32(22)23(33)17-7-6-16(9-19(17)27)39(28,37)38/h5-10,22H,11-13H2,1-4H3,(H,30,34)(H,35,36)(H2,28,37,38). The van der Waals surface area contributed by atoms with E-state index in [0.29, 0.717) is 34.3 Å². The van der Waals surface area contributed by atoms with E-state index in [4.69, 9.17) is 5.14 Å². The van der Waals surface area contributed by atoms with Crippen LogP contribution in [0.25, 0.3) is 0 Å². The number of nitrogens with one attached hydrogen (secondary N) is 1. The first kappa shape index (κ1) is 28.2. The molecular formula is C26H29FN5O6S. The molecule has 2 aromatic rings. The van der Waals surface area contributed by atoms with Gasteiger partial charge in [-0.05, 0) is 48.4 Å². The number of amides is 3. The van der Waals surface area contributed by atoms with Crippen molar-refractivity contribution in [2.24, 2.45) is 10.6 Å². The van der Waals surface area contributed by atoms with Crippen LogP contribution >= 0.6 is 0 Å². The van der Waals surface area contributed by atoms with Gasteiger partial charge in [0.1, 0.15) is 5.82 Å². The molecule has 0 bridgehead atoms. The van der Waals surface area contributed by atoms with Gasteiger partial charge in [0.25, 0.3) is 5.91 Å². The molecule has 2 aliphatic heterocycles. The molecule has 0 saturated carbocycles. The number of primary sulfonamides is 1. The first-order valence-electron chi connectivity index (χ1n) is 12.0. The van der Waals surface area contributed by atoms with Gasteiger partial charge in [-0.2, -0.15) is 0 Å². The predicted molar refractivity (Wildman–Crippen MR) is 140 cm³/mol. The van der Waals surface area contributed by atoms with Gasteiger partial charge in [0.15, 0.2) is 0 Å². The largest absolute Gasteiger partial charge is 0.465 e. The van der Waals surface area contributed by atoms with Gasteiger partial charge in [0.2, 0.25) is 15.9 Å². The van der Waals surface area contributed by atoms with Crippen LogP contribution in [0, 0.1) is 24.6 Å². The Bertz CT molecular complexity index is 1520. The molecule has 3 amide bonds. The van der Waals surface area contributed by atoms with E-state index in [1.54, 1.807) is 46.2 Å². The van der Waals surface area contributed by atoms with Crippen molar-refractivity contribution in [1.29, 1.82) is 0 Å². The van der Waals surface area contributed by atoms with Gasteiger partial charge in [0.05, 0.1) is 27.9 Å². The average Bonchev–Trinajstić information content (AvgIpc) is 3.38. The van der Waals surface area contributed by atoms with Crippen LogP contribution in [0.5, 0.6) is 0 Å². The van der Waals surface area contributed by atoms with Gasteiger partial charge < -0.3 is 20.2 Å². The Hall–Kier alpha value is -3.84. The highest BCUT2D eigenvalue weighted by molar-refractivity contribution is 7.89. The zero-order chi connectivity index (χ0) is 28.9. The molecule has 1 atom stereocenters. The van der Waals surface area contributed by atoms with Gasteiger partial charge >= 0.3 is 6.09 Å². The third-order valence-electron chi connectivity index (χ3n) is 6.59. The topological polar surface area (TPSA) is 163 Å². The van der Waals surface area contributed by atoms with Crippen LogP contribution in [-0.2, 0) is 14.8 Å². The Labute approximate surface area is 225 Å². The summed E-state index contributed by atoms with van der Waals surface area (Å²) in [5, 5.41) is 17.5. The van der Waals surface area contributed by atoms with Crippen molar-refractivity contribution in [1.82, 2.24) is 14.8 Å². The number of pyridine rings is 1. The summed E-state index contributed by atoms with van der Waals surface area (Å²) in [4.78, 5) is 44.6. The Balaban J connectivity index is 1.71. The lowest BCUT2D eigenvalue weighted by molar-refractivity contribution is -0.123. The molecule has 11 nitrogen and oxygen atoms in total. The molecule has 0 saturated heterocycles. The SMILES string of the molecule is Cc1ccc(NC(=O)C(C)(C)C)c([CH]C2C3=C(CN(C(=O)O)C3)CN2C(=O)c2ccc(S(N)(=O)=O)cc2F)n1. The zero-order valence-corrected chi connectivity index (χ0v) is 22.7. The van der Waals surface area contributed by atoms with Crippen molar-refractivity contribution in [2.75, 3.05) is 25.0 Å². The number of carbonyl (C=O) groups excluding carboxylic acids is 2. The number of hydrogen-bond acceptors (Lipinski definition) is 6. The van der Waals surface area contributed by atoms with Gasteiger partial charge in [-0.1, -0.05) is 20.8 Å². The summed E-state index contributed by atoms with van der Waals surface area (Å²) in [6.07, 6.45) is 0.533. The van der Waals surface area contributed by atoms with Crippen molar-refractivity contribution in [2.45, 2.75) is 38.6 Å². The number of carbonyl (C=O) groups is 3. The number of carboxylic acid groups (broad SMARTS) is 1. The number of aromatic nitrogens is 1. The maximum absolute atomic E-state index is 14.9. The average molecular weight is 559 g/mol.